The first kappa shape index (κ1) is 25.9. The van der Waals surface area contributed by atoms with Crippen LogP contribution in [0, 0.1) is 18.8 Å². The van der Waals surface area contributed by atoms with Gasteiger partial charge in [-0.2, -0.15) is 4.80 Å². The number of aryl methyl sites for hydroxylation is 1. The van der Waals surface area contributed by atoms with E-state index >= 15 is 0 Å². The van der Waals surface area contributed by atoms with Crippen LogP contribution in [-0.4, -0.2) is 56.6 Å². The Bertz CT molecular complexity index is 1320. The number of pyridine rings is 1. The molecule has 3 aromatic rings. The molecule has 2 heterocycles. The van der Waals surface area contributed by atoms with Crippen LogP contribution >= 0.6 is 0 Å². The fraction of sp³-hybridized carbons (Fsp3) is 0.480. The van der Waals surface area contributed by atoms with Crippen molar-refractivity contribution in [3.05, 3.63) is 58.9 Å². The second kappa shape index (κ2) is 11.3. The van der Waals surface area contributed by atoms with E-state index in [0.29, 0.717) is 36.1 Å². The summed E-state index contributed by atoms with van der Waals surface area (Å²) in [6.45, 7) is 2.70. The van der Waals surface area contributed by atoms with E-state index in [1.165, 1.54) is 6.26 Å². The number of nitrogens with one attached hydrogen (secondary N) is 1. The number of aliphatic hydroxyl groups excluding tert-OH is 1. The number of benzene rings is 1. The number of sulfone groups is 1. The summed E-state index contributed by atoms with van der Waals surface area (Å²) < 4.78 is 23.1. The zero-order valence-corrected chi connectivity index (χ0v) is 21.4. The summed E-state index contributed by atoms with van der Waals surface area (Å²) in [6.07, 6.45) is 4.97. The highest BCUT2D eigenvalue weighted by Crippen LogP contribution is 2.30. The quantitative estimate of drug-likeness (QED) is 0.445. The van der Waals surface area contributed by atoms with Gasteiger partial charge in [-0.15, -0.1) is 10.2 Å². The molecule has 1 aliphatic rings. The van der Waals surface area contributed by atoms with Gasteiger partial charge in [0.15, 0.2) is 0 Å². The normalized spacial score (nSPS) is 18.2. The number of carbonyl (C=O) groups is 1. The molecule has 1 saturated carbocycles. The zero-order valence-electron chi connectivity index (χ0n) is 20.6. The maximum atomic E-state index is 12.8. The number of hydrogen-bond donors (Lipinski definition) is 2. The highest BCUT2D eigenvalue weighted by molar-refractivity contribution is 7.90. The third kappa shape index (κ3) is 7.17. The molecule has 0 bridgehead atoms. The molecule has 0 radical (unpaired) electrons. The first-order valence-electron chi connectivity index (χ1n) is 12.1. The molecule has 36 heavy (non-hydrogen) atoms. The summed E-state index contributed by atoms with van der Waals surface area (Å²) >= 11 is 0. The Labute approximate surface area is 211 Å². The maximum Gasteiger partial charge on any atom is 0.270 e. The summed E-state index contributed by atoms with van der Waals surface area (Å²) in [5, 5.41) is 25.1. The van der Waals surface area contributed by atoms with Gasteiger partial charge in [0, 0.05) is 24.1 Å². The van der Waals surface area contributed by atoms with Crippen molar-refractivity contribution >= 4 is 15.7 Å². The number of aromatic nitrogens is 5. The van der Waals surface area contributed by atoms with Crippen molar-refractivity contribution in [3.8, 4) is 11.4 Å². The van der Waals surface area contributed by atoms with Crippen LogP contribution in [0.4, 0.5) is 0 Å². The standard InChI is InChI=1S/C25H32N6O4S/c1-17-10-22(12-23(27-17)25(33)26-13-20-4-3-5-21(11-20)15-32)24-28-30-31(29-24)14-18-6-8-19(9-7-18)16-36(2,34)35/h3-5,10-12,18-19,32H,6-9,13-16H2,1-2H3,(H,26,33). The van der Waals surface area contributed by atoms with E-state index in [0.717, 1.165) is 36.8 Å². The van der Waals surface area contributed by atoms with Gasteiger partial charge in [-0.1, -0.05) is 24.3 Å². The molecular formula is C25H32N6O4S. The highest BCUT2D eigenvalue weighted by atomic mass is 32.2. The molecule has 0 unspecified atom stereocenters. The number of carbonyl (C=O) groups excluding carboxylic acids is 1. The van der Waals surface area contributed by atoms with Crippen molar-refractivity contribution in [1.82, 2.24) is 30.5 Å². The molecule has 11 heteroatoms. The first-order chi connectivity index (χ1) is 17.2. The highest BCUT2D eigenvalue weighted by Gasteiger charge is 2.25. The Balaban J connectivity index is 1.37. The van der Waals surface area contributed by atoms with Gasteiger partial charge in [0.2, 0.25) is 5.82 Å². The summed E-state index contributed by atoms with van der Waals surface area (Å²) in [7, 11) is -2.94. The minimum absolute atomic E-state index is 0.0529. The predicted octanol–water partition coefficient (Wildman–Crippen LogP) is 2.32. The average Bonchev–Trinajstić information content (AvgIpc) is 3.31. The molecule has 0 saturated heterocycles. The van der Waals surface area contributed by atoms with E-state index in [4.69, 9.17) is 0 Å². The fourth-order valence-electron chi connectivity index (χ4n) is 4.70. The van der Waals surface area contributed by atoms with E-state index in [-0.39, 0.29) is 29.9 Å². The Morgan fingerprint density at radius 2 is 1.83 bits per heavy atom. The molecule has 0 spiro atoms. The topological polar surface area (TPSA) is 140 Å². The number of nitrogens with zero attached hydrogens (tertiary/aromatic N) is 5. The van der Waals surface area contributed by atoms with Gasteiger partial charge in [-0.25, -0.2) is 13.4 Å². The van der Waals surface area contributed by atoms with Crippen LogP contribution in [0.1, 0.15) is 53.0 Å². The third-order valence-electron chi connectivity index (χ3n) is 6.45. The van der Waals surface area contributed by atoms with Crippen LogP contribution in [0.5, 0.6) is 0 Å². The lowest BCUT2D eigenvalue weighted by Gasteiger charge is -2.27. The first-order valence-corrected chi connectivity index (χ1v) is 14.2. The van der Waals surface area contributed by atoms with E-state index in [1.807, 2.05) is 37.3 Å². The van der Waals surface area contributed by atoms with Gasteiger partial charge < -0.3 is 10.4 Å². The maximum absolute atomic E-state index is 12.8. The van der Waals surface area contributed by atoms with Gasteiger partial charge >= 0.3 is 0 Å². The van der Waals surface area contributed by atoms with Crippen molar-refractivity contribution in [1.29, 1.82) is 0 Å². The molecule has 10 nitrogen and oxygen atoms in total. The Kier molecular flexibility index (Phi) is 8.10. The molecule has 2 N–H and O–H groups in total. The molecule has 1 aliphatic carbocycles. The van der Waals surface area contributed by atoms with Crippen molar-refractivity contribution in [3.63, 3.8) is 0 Å². The molecule has 192 valence electrons. The molecule has 4 rings (SSSR count). The summed E-state index contributed by atoms with van der Waals surface area (Å²) in [4.78, 5) is 18.7. The van der Waals surface area contributed by atoms with Gasteiger partial charge in [0.1, 0.15) is 15.5 Å². The molecule has 1 amide bonds. The average molecular weight is 513 g/mol. The lowest BCUT2D eigenvalue weighted by Crippen LogP contribution is -2.24. The van der Waals surface area contributed by atoms with Crippen LogP contribution < -0.4 is 5.32 Å². The Morgan fingerprint density at radius 1 is 1.11 bits per heavy atom. The number of tetrazole rings is 1. The summed E-state index contributed by atoms with van der Waals surface area (Å²) in [6, 6.07) is 10.9. The van der Waals surface area contributed by atoms with Crippen molar-refractivity contribution in [2.45, 2.75) is 52.3 Å². The second-order valence-electron chi connectivity index (χ2n) is 9.69. The molecular weight excluding hydrogens is 480 g/mol. The third-order valence-corrected chi connectivity index (χ3v) is 7.53. The number of hydrogen-bond acceptors (Lipinski definition) is 8. The van der Waals surface area contributed by atoms with Gasteiger partial charge in [-0.3, -0.25) is 4.79 Å². The SMILES string of the molecule is Cc1cc(-c2nnn(CC3CCC(CS(C)(=O)=O)CC3)n2)cc(C(=O)NCc2cccc(CO)c2)n1. The predicted molar refractivity (Wildman–Crippen MR) is 134 cm³/mol. The van der Waals surface area contributed by atoms with Crippen LogP contribution in [0.2, 0.25) is 0 Å². The van der Waals surface area contributed by atoms with E-state index in [9.17, 15) is 18.3 Å². The zero-order chi connectivity index (χ0) is 25.7. The number of rotatable bonds is 9. The van der Waals surface area contributed by atoms with Crippen LogP contribution in [0.3, 0.4) is 0 Å². The molecule has 1 fully saturated rings. The molecule has 0 aliphatic heterocycles. The van der Waals surface area contributed by atoms with Gasteiger partial charge in [-0.05, 0) is 72.9 Å². The van der Waals surface area contributed by atoms with E-state index in [2.05, 4.69) is 25.7 Å². The number of aliphatic hydroxyl groups is 1. The summed E-state index contributed by atoms with van der Waals surface area (Å²) in [5.41, 5.74) is 3.27. The lowest BCUT2D eigenvalue weighted by atomic mass is 9.83. The summed E-state index contributed by atoms with van der Waals surface area (Å²) in [5.74, 6) is 0.993. The van der Waals surface area contributed by atoms with Crippen molar-refractivity contribution < 1.29 is 18.3 Å². The van der Waals surface area contributed by atoms with Gasteiger partial charge in [0.05, 0.1) is 18.9 Å². The second-order valence-corrected chi connectivity index (χ2v) is 11.9. The van der Waals surface area contributed by atoms with Crippen molar-refractivity contribution in [2.24, 2.45) is 11.8 Å². The minimum atomic E-state index is -2.94. The monoisotopic (exact) mass is 512 g/mol. The Morgan fingerprint density at radius 3 is 2.56 bits per heavy atom. The van der Waals surface area contributed by atoms with E-state index < -0.39 is 9.84 Å². The minimum Gasteiger partial charge on any atom is -0.392 e. The number of amides is 1. The molecule has 2 aromatic heterocycles. The van der Waals surface area contributed by atoms with Crippen molar-refractivity contribution in [2.75, 3.05) is 12.0 Å². The largest absolute Gasteiger partial charge is 0.392 e. The van der Waals surface area contributed by atoms with Crippen LogP contribution in [0.15, 0.2) is 36.4 Å². The molecule has 1 aromatic carbocycles. The van der Waals surface area contributed by atoms with Crippen LogP contribution in [0.25, 0.3) is 11.4 Å². The Hall–Kier alpha value is -3.18. The van der Waals surface area contributed by atoms with Gasteiger partial charge in [0.25, 0.3) is 5.91 Å². The van der Waals surface area contributed by atoms with Crippen LogP contribution in [-0.2, 0) is 29.5 Å². The fourth-order valence-corrected chi connectivity index (χ4v) is 5.89. The molecule has 0 atom stereocenters. The van der Waals surface area contributed by atoms with E-state index in [1.54, 1.807) is 10.9 Å². The lowest BCUT2D eigenvalue weighted by molar-refractivity contribution is 0.0945. The smallest absolute Gasteiger partial charge is 0.270 e.